The van der Waals surface area contributed by atoms with Crippen LogP contribution >= 0.6 is 0 Å². The number of hydrogen-bond donors (Lipinski definition) is 3. The van der Waals surface area contributed by atoms with Gasteiger partial charge in [0.2, 0.25) is 0 Å². The first-order valence-electron chi connectivity index (χ1n) is 6.91. The molecule has 0 heterocycles. The monoisotopic (exact) mass is 376 g/mol. The van der Waals surface area contributed by atoms with E-state index < -0.39 is 32.3 Å². The quantitative estimate of drug-likeness (QED) is 0.388. The van der Waals surface area contributed by atoms with Crippen molar-refractivity contribution in [2.24, 2.45) is 0 Å². The minimum absolute atomic E-state index is 0.163. The molecule has 2 rings (SSSR count). The summed E-state index contributed by atoms with van der Waals surface area (Å²) < 4.78 is 42.8. The van der Waals surface area contributed by atoms with E-state index in [0.29, 0.717) is 8.56 Å². The Morgan fingerprint density at radius 3 is 2.20 bits per heavy atom. The Morgan fingerprint density at radius 2 is 1.72 bits per heavy atom. The summed E-state index contributed by atoms with van der Waals surface area (Å²) in [5.74, 6) is -2.07. The summed E-state index contributed by atoms with van der Waals surface area (Å²) in [6.45, 7) is 0. The Morgan fingerprint density at radius 1 is 1.08 bits per heavy atom. The van der Waals surface area contributed by atoms with Crippen molar-refractivity contribution in [1.29, 1.82) is 0 Å². The van der Waals surface area contributed by atoms with E-state index in [1.54, 1.807) is 0 Å². The van der Waals surface area contributed by atoms with E-state index in [2.05, 4.69) is 0 Å². The number of methoxy groups -OCH3 is 2. The number of phenolic OH excluding ortho intramolecular Hbond substituents is 2. The molecule has 8 nitrogen and oxygen atoms in total. The Bertz CT molecular complexity index is 952. The van der Waals surface area contributed by atoms with Crippen molar-refractivity contribution in [3.8, 4) is 23.0 Å². The van der Waals surface area contributed by atoms with Gasteiger partial charge < -0.3 is 0 Å². The molecular weight excluding hydrogens is 363 g/mol. The van der Waals surface area contributed by atoms with E-state index in [0.717, 1.165) is 0 Å². The second-order valence-corrected chi connectivity index (χ2v) is 7.58. The molecule has 0 aliphatic carbocycles. The molecule has 2 aromatic carbocycles. The summed E-state index contributed by atoms with van der Waals surface area (Å²) in [7, 11) is -2.28. The summed E-state index contributed by atoms with van der Waals surface area (Å²) in [5, 5.41) is 20.2. The van der Waals surface area contributed by atoms with E-state index in [1.165, 1.54) is 38.5 Å². The summed E-state index contributed by atoms with van der Waals surface area (Å²) in [6, 6.07) is 5.18. The summed E-state index contributed by atoms with van der Waals surface area (Å²) in [5.41, 5.74) is -0.539. The van der Waals surface area contributed by atoms with Crippen LogP contribution in [-0.2, 0) is 10.1 Å². The van der Waals surface area contributed by atoms with E-state index in [-0.39, 0.29) is 44.8 Å². The van der Waals surface area contributed by atoms with Crippen LogP contribution < -0.4 is 12.3 Å². The number of hydrogen-bond acceptors (Lipinski definition) is 7. The number of aromatic hydroxyl groups is 2. The van der Waals surface area contributed by atoms with Crippen molar-refractivity contribution in [3.63, 3.8) is 0 Å². The predicted molar refractivity (Wildman–Crippen MR) is 88.0 cm³/mol. The van der Waals surface area contributed by atoms with Crippen LogP contribution in [0.5, 0.6) is 23.0 Å². The van der Waals surface area contributed by atoms with Gasteiger partial charge in [-0.25, -0.2) is 0 Å². The van der Waals surface area contributed by atoms with Crippen molar-refractivity contribution in [1.82, 2.24) is 0 Å². The molecule has 0 aliphatic heterocycles. The zero-order chi connectivity index (χ0) is 18.9. The summed E-state index contributed by atoms with van der Waals surface area (Å²) >= 11 is 0.273. The molecule has 0 aliphatic rings. The van der Waals surface area contributed by atoms with Crippen LogP contribution in [0.4, 0.5) is 0 Å². The van der Waals surface area contributed by atoms with Gasteiger partial charge in [-0.3, -0.25) is 0 Å². The van der Waals surface area contributed by atoms with Crippen molar-refractivity contribution in [2.75, 3.05) is 14.2 Å². The Balaban J connectivity index is 2.72. The summed E-state index contributed by atoms with van der Waals surface area (Å²) in [6.07, 6.45) is 0. The van der Waals surface area contributed by atoms with Gasteiger partial charge in [-0.2, -0.15) is 0 Å². The first-order valence-corrected chi connectivity index (χ1v) is 9.35. The van der Waals surface area contributed by atoms with Gasteiger partial charge in [0, 0.05) is 0 Å². The van der Waals surface area contributed by atoms with Gasteiger partial charge in [0.25, 0.3) is 0 Å². The zero-order valence-electron chi connectivity index (χ0n) is 13.6. The Hall–Kier alpha value is -1.78. The van der Waals surface area contributed by atoms with E-state index in [4.69, 9.17) is 9.47 Å². The van der Waals surface area contributed by atoms with E-state index in [9.17, 15) is 28.0 Å². The topological polar surface area (TPSA) is 130 Å². The van der Waals surface area contributed by atoms with Gasteiger partial charge in [-0.1, -0.05) is 0 Å². The van der Waals surface area contributed by atoms with Gasteiger partial charge in [0.05, 0.1) is 0 Å². The molecule has 0 amide bonds. The first kappa shape index (κ1) is 19.5. The average Bonchev–Trinajstić information content (AvgIpc) is 2.54. The molecule has 128 valence electrons. The number of ether oxygens (including phenoxy) is 2. The third kappa shape index (κ3) is 3.75. The fraction of sp³-hybridized carbons (Fsp3) is 0.133. The minimum atomic E-state index is -4.85. The van der Waals surface area contributed by atoms with Crippen molar-refractivity contribution >= 4 is 46.6 Å². The molecule has 0 unspecified atom stereocenters. The van der Waals surface area contributed by atoms with Crippen LogP contribution in [0.2, 0.25) is 0 Å². The molecule has 0 saturated carbocycles. The van der Waals surface area contributed by atoms with Crippen LogP contribution in [0.3, 0.4) is 0 Å². The predicted octanol–water partition coefficient (Wildman–Crippen LogP) is 0.386. The van der Waals surface area contributed by atoms with Crippen LogP contribution in [0.25, 0.3) is 0 Å². The Labute approximate surface area is 161 Å². The van der Waals surface area contributed by atoms with Crippen molar-refractivity contribution in [3.05, 3.63) is 35.4 Å². The molecule has 10 heteroatoms. The fourth-order valence-electron chi connectivity index (χ4n) is 2.40. The van der Waals surface area contributed by atoms with Crippen LogP contribution in [0.15, 0.2) is 29.2 Å². The van der Waals surface area contributed by atoms with Gasteiger partial charge >= 0.3 is 162 Å². The molecule has 3 N–H and O–H groups in total. The second kappa shape index (κ2) is 7.22. The Kier molecular flexibility index (Phi) is 5.65. The van der Waals surface area contributed by atoms with Crippen molar-refractivity contribution < 1.29 is 37.5 Å². The van der Waals surface area contributed by atoms with Crippen LogP contribution in [0, 0.1) is 0 Å². The number of carbonyl (C=O) groups excluding carboxylic acids is 1. The first-order chi connectivity index (χ1) is 11.6. The van der Waals surface area contributed by atoms with Crippen molar-refractivity contribution in [2.45, 2.75) is 4.90 Å². The zero-order valence-corrected chi connectivity index (χ0v) is 16.4. The molecule has 0 bridgehead atoms. The summed E-state index contributed by atoms with van der Waals surface area (Å²) in [4.78, 5) is 11.8. The third-order valence-corrected chi connectivity index (χ3v) is 5.19. The molecule has 0 spiro atoms. The van der Waals surface area contributed by atoms with Gasteiger partial charge in [0.15, 0.2) is 0 Å². The van der Waals surface area contributed by atoms with Gasteiger partial charge in [-0.05, 0) is 0 Å². The average molecular weight is 376 g/mol. The number of phenols is 2. The maximum atomic E-state index is 12.7. The molecule has 0 saturated heterocycles. The molecule has 25 heavy (non-hydrogen) atoms. The number of rotatable bonds is 5. The number of carbonyl (C=O) groups is 1. The fourth-order valence-corrected chi connectivity index (χ4v) is 4.16. The second-order valence-electron chi connectivity index (χ2n) is 5.14. The maximum absolute atomic E-state index is 12.7. The standard InChI is InChI=1S/C15H13O8S.Na/c1-22-8-3-4-9(11(16)7-8)13(17)10-5-6-12(23-2)15(14(10)18)24(19,20)21;/h3-5,7,16,18H,1-2H3,(H,19,20,21);. The van der Waals surface area contributed by atoms with Crippen LogP contribution in [0.1, 0.15) is 15.9 Å². The van der Waals surface area contributed by atoms with E-state index >= 15 is 0 Å². The number of benzene rings is 2. The molecule has 0 atom stereocenters. The molecule has 0 fully saturated rings. The van der Waals surface area contributed by atoms with E-state index in [1.807, 2.05) is 0 Å². The molecule has 0 aromatic heterocycles. The normalized spacial score (nSPS) is 11.2. The molecule has 2 aromatic rings. The van der Waals surface area contributed by atoms with Gasteiger partial charge in [0.1, 0.15) is 0 Å². The SMILES string of the molecule is COc1ccc(C(=O)c2c[c]([Na])c(OC)c(S(=O)(=O)O)c2O)c(O)c1. The third-order valence-electron chi connectivity index (χ3n) is 3.55. The number of ketones is 1. The van der Waals surface area contributed by atoms with Gasteiger partial charge in [-0.15, -0.1) is 0 Å². The van der Waals surface area contributed by atoms with Crippen LogP contribution in [-0.4, -0.2) is 71.1 Å². The molecular formula is C15H13NaO8S. The molecule has 0 radical (unpaired) electrons.